The van der Waals surface area contributed by atoms with E-state index in [1.165, 1.54) is 36.9 Å². The summed E-state index contributed by atoms with van der Waals surface area (Å²) in [5, 5.41) is 0. The normalized spacial score (nSPS) is 21.6. The van der Waals surface area contributed by atoms with Gasteiger partial charge in [0.1, 0.15) is 11.4 Å². The highest BCUT2D eigenvalue weighted by Crippen LogP contribution is 2.49. The Balaban J connectivity index is 1.39. The van der Waals surface area contributed by atoms with Crippen molar-refractivity contribution in [3.8, 4) is 5.75 Å². The zero-order chi connectivity index (χ0) is 21.5. The molecule has 2 heterocycles. The topological polar surface area (TPSA) is 68.0 Å². The molecule has 3 fully saturated rings. The van der Waals surface area contributed by atoms with Crippen molar-refractivity contribution in [3.05, 3.63) is 17.7 Å². The van der Waals surface area contributed by atoms with Gasteiger partial charge >= 0.3 is 6.09 Å². The number of anilines is 2. The highest BCUT2D eigenvalue weighted by Gasteiger charge is 2.40. The maximum absolute atomic E-state index is 12.4. The molecule has 0 aromatic heterocycles. The zero-order valence-electron chi connectivity index (χ0n) is 19.0. The number of likely N-dealkylation sites (tertiary alicyclic amines) is 1. The van der Waals surface area contributed by atoms with Gasteiger partial charge in [-0.15, -0.1) is 0 Å². The molecule has 2 N–H and O–H groups in total. The average Bonchev–Trinajstić information content (AvgIpc) is 3.53. The molecule has 1 aromatic rings. The van der Waals surface area contributed by atoms with Gasteiger partial charge in [0, 0.05) is 37.9 Å². The quantitative estimate of drug-likeness (QED) is 0.720. The first-order valence-corrected chi connectivity index (χ1v) is 11.4. The molecule has 1 aromatic carbocycles. The van der Waals surface area contributed by atoms with Crippen molar-refractivity contribution in [2.45, 2.75) is 70.8 Å². The van der Waals surface area contributed by atoms with Crippen LogP contribution in [0.25, 0.3) is 0 Å². The minimum Gasteiger partial charge on any atom is -0.495 e. The second kappa shape index (κ2) is 7.86. The van der Waals surface area contributed by atoms with E-state index in [1.807, 2.05) is 25.7 Å². The van der Waals surface area contributed by atoms with Crippen molar-refractivity contribution in [1.82, 2.24) is 4.90 Å². The lowest BCUT2D eigenvalue weighted by molar-refractivity contribution is 0.00666. The van der Waals surface area contributed by atoms with Gasteiger partial charge in [0.05, 0.1) is 12.8 Å². The summed E-state index contributed by atoms with van der Waals surface area (Å²) in [5.41, 5.74) is 9.56. The van der Waals surface area contributed by atoms with Crippen molar-refractivity contribution < 1.29 is 14.3 Å². The largest absolute Gasteiger partial charge is 0.495 e. The summed E-state index contributed by atoms with van der Waals surface area (Å²) >= 11 is 0. The third-order valence-corrected chi connectivity index (χ3v) is 7.04. The molecular weight excluding hydrogens is 378 g/mol. The molecule has 1 aliphatic carbocycles. The van der Waals surface area contributed by atoms with Crippen LogP contribution in [0.3, 0.4) is 0 Å². The molecule has 0 bridgehead atoms. The summed E-state index contributed by atoms with van der Waals surface area (Å²) in [4.78, 5) is 16.8. The zero-order valence-corrected chi connectivity index (χ0v) is 19.0. The molecule has 2 saturated heterocycles. The molecule has 1 amide bonds. The molecule has 166 valence electrons. The Morgan fingerprint density at radius 2 is 1.67 bits per heavy atom. The van der Waals surface area contributed by atoms with E-state index < -0.39 is 5.60 Å². The number of hydrogen-bond donors (Lipinski definition) is 1. The van der Waals surface area contributed by atoms with Crippen molar-refractivity contribution >= 4 is 17.5 Å². The SMILES string of the molecule is COc1cc(N2CCC3(CCN(C(=O)OC(C)(C)C)CC3)CC2)c(C2CC2)cc1N. The molecule has 0 unspecified atom stereocenters. The molecular formula is C24H37N3O3. The number of methoxy groups -OCH3 is 1. The number of nitrogen functional groups attached to an aromatic ring is 1. The summed E-state index contributed by atoms with van der Waals surface area (Å²) in [6.45, 7) is 9.49. The maximum Gasteiger partial charge on any atom is 0.410 e. The van der Waals surface area contributed by atoms with Crippen LogP contribution in [0.15, 0.2) is 12.1 Å². The van der Waals surface area contributed by atoms with Crippen molar-refractivity contribution in [3.63, 3.8) is 0 Å². The Kier molecular flexibility index (Phi) is 5.54. The first-order valence-electron chi connectivity index (χ1n) is 11.4. The van der Waals surface area contributed by atoms with E-state index in [2.05, 4.69) is 17.0 Å². The van der Waals surface area contributed by atoms with Crippen molar-refractivity contribution in [2.24, 2.45) is 5.41 Å². The number of nitrogens with zero attached hydrogens (tertiary/aromatic N) is 2. The van der Waals surface area contributed by atoms with Gasteiger partial charge in [0.2, 0.25) is 0 Å². The van der Waals surface area contributed by atoms with Gasteiger partial charge in [-0.1, -0.05) is 0 Å². The Hall–Kier alpha value is -2.11. The number of nitrogens with two attached hydrogens (primary N) is 1. The van der Waals surface area contributed by atoms with Crippen LogP contribution in [-0.4, -0.2) is 49.9 Å². The van der Waals surface area contributed by atoms with E-state index in [0.717, 1.165) is 50.5 Å². The third kappa shape index (κ3) is 4.47. The first-order chi connectivity index (χ1) is 14.2. The van der Waals surface area contributed by atoms with Gasteiger partial charge in [-0.2, -0.15) is 0 Å². The summed E-state index contributed by atoms with van der Waals surface area (Å²) in [6, 6.07) is 4.28. The lowest BCUT2D eigenvalue weighted by Gasteiger charge is -2.47. The van der Waals surface area contributed by atoms with Crippen molar-refractivity contribution in [2.75, 3.05) is 43.9 Å². The molecule has 2 aliphatic heterocycles. The van der Waals surface area contributed by atoms with E-state index in [-0.39, 0.29) is 6.09 Å². The molecule has 4 rings (SSSR count). The van der Waals surface area contributed by atoms with Crippen LogP contribution in [0, 0.1) is 5.41 Å². The molecule has 0 radical (unpaired) electrons. The fourth-order valence-electron chi connectivity index (χ4n) is 4.99. The molecule has 30 heavy (non-hydrogen) atoms. The van der Waals surface area contributed by atoms with E-state index in [1.54, 1.807) is 7.11 Å². The van der Waals surface area contributed by atoms with Crippen LogP contribution in [0.5, 0.6) is 5.75 Å². The minimum atomic E-state index is -0.434. The number of amides is 1. The Morgan fingerprint density at radius 1 is 1.07 bits per heavy atom. The highest BCUT2D eigenvalue weighted by atomic mass is 16.6. The van der Waals surface area contributed by atoms with Gasteiger partial charge in [-0.05, 0) is 82.3 Å². The van der Waals surface area contributed by atoms with E-state index in [0.29, 0.717) is 11.3 Å². The lowest BCUT2D eigenvalue weighted by atomic mass is 9.71. The van der Waals surface area contributed by atoms with E-state index in [9.17, 15) is 4.79 Å². The van der Waals surface area contributed by atoms with Crippen molar-refractivity contribution in [1.29, 1.82) is 0 Å². The van der Waals surface area contributed by atoms with Crippen LogP contribution >= 0.6 is 0 Å². The molecule has 1 saturated carbocycles. The summed E-state index contributed by atoms with van der Waals surface area (Å²) in [5.74, 6) is 1.43. The van der Waals surface area contributed by atoms with Gasteiger partial charge in [0.25, 0.3) is 0 Å². The molecule has 1 spiro atoms. The summed E-state index contributed by atoms with van der Waals surface area (Å²) < 4.78 is 11.1. The average molecular weight is 416 g/mol. The monoisotopic (exact) mass is 415 g/mol. The Bertz CT molecular complexity index is 780. The summed E-state index contributed by atoms with van der Waals surface area (Å²) in [7, 11) is 1.69. The lowest BCUT2D eigenvalue weighted by Crippen LogP contribution is -2.49. The second-order valence-corrected chi connectivity index (χ2v) is 10.4. The van der Waals surface area contributed by atoms with Gasteiger partial charge in [-0.25, -0.2) is 4.79 Å². The number of carbonyl (C=O) groups excluding carboxylic acids is 1. The van der Waals surface area contributed by atoms with Gasteiger partial charge in [0.15, 0.2) is 0 Å². The number of ether oxygens (including phenoxy) is 2. The Morgan fingerprint density at radius 3 is 2.20 bits per heavy atom. The van der Waals surface area contributed by atoms with E-state index >= 15 is 0 Å². The fraction of sp³-hybridized carbons (Fsp3) is 0.708. The predicted molar refractivity (Wildman–Crippen MR) is 120 cm³/mol. The molecule has 6 heteroatoms. The van der Waals surface area contributed by atoms with Gasteiger partial charge in [-0.3, -0.25) is 0 Å². The van der Waals surface area contributed by atoms with Crippen LogP contribution < -0.4 is 15.4 Å². The first kappa shape index (κ1) is 21.1. The van der Waals surface area contributed by atoms with Crippen LogP contribution in [0.2, 0.25) is 0 Å². The number of carbonyl (C=O) groups is 1. The second-order valence-electron chi connectivity index (χ2n) is 10.4. The molecule has 6 nitrogen and oxygen atoms in total. The number of hydrogen-bond acceptors (Lipinski definition) is 5. The third-order valence-electron chi connectivity index (χ3n) is 7.04. The minimum absolute atomic E-state index is 0.169. The smallest absolute Gasteiger partial charge is 0.410 e. The highest BCUT2D eigenvalue weighted by molar-refractivity contribution is 5.69. The maximum atomic E-state index is 12.4. The number of rotatable bonds is 3. The number of benzene rings is 1. The molecule has 0 atom stereocenters. The number of piperidine rings is 2. The standard InChI is InChI=1S/C24H37N3O3/c1-23(2,3)30-22(28)27-13-9-24(10-14-27)7-11-26(12-8-24)20-16-21(29-4)19(25)15-18(20)17-5-6-17/h15-17H,5-14,25H2,1-4H3. The Labute approximate surface area is 180 Å². The van der Waals surface area contributed by atoms with Crippen LogP contribution in [-0.2, 0) is 4.74 Å². The fourth-order valence-corrected chi connectivity index (χ4v) is 4.99. The van der Waals surface area contributed by atoms with E-state index in [4.69, 9.17) is 15.2 Å². The summed E-state index contributed by atoms with van der Waals surface area (Å²) in [6.07, 6.45) is 6.84. The van der Waals surface area contributed by atoms with Crippen LogP contribution in [0.1, 0.15) is 70.8 Å². The molecule has 3 aliphatic rings. The van der Waals surface area contributed by atoms with Crippen LogP contribution in [0.4, 0.5) is 16.2 Å². The predicted octanol–water partition coefficient (Wildman–Crippen LogP) is 4.77. The van der Waals surface area contributed by atoms with Gasteiger partial charge < -0.3 is 25.0 Å².